The van der Waals surface area contributed by atoms with E-state index >= 15 is 0 Å². The van der Waals surface area contributed by atoms with Crippen molar-refractivity contribution in [3.63, 3.8) is 0 Å². The van der Waals surface area contributed by atoms with Crippen LogP contribution < -0.4 is 30.7 Å². The molecule has 1 aromatic heterocycles. The molecular formula is C45H59N7O8. The van der Waals surface area contributed by atoms with Crippen LogP contribution >= 0.6 is 0 Å². The second kappa shape index (κ2) is 19.6. The van der Waals surface area contributed by atoms with Gasteiger partial charge in [0.1, 0.15) is 35.4 Å². The number of amides is 5. The third-order valence-corrected chi connectivity index (χ3v) is 11.8. The van der Waals surface area contributed by atoms with E-state index in [0.717, 1.165) is 55.7 Å². The smallest absolute Gasteiger partial charge is 0.289 e. The lowest BCUT2D eigenvalue weighted by molar-refractivity contribution is -0.142. The minimum atomic E-state index is -1.07. The Morgan fingerprint density at radius 2 is 1.58 bits per heavy atom. The molecule has 15 heteroatoms. The molecule has 1 saturated heterocycles. The maximum absolute atomic E-state index is 14.6. The van der Waals surface area contributed by atoms with Crippen molar-refractivity contribution in [1.29, 1.82) is 0 Å². The number of carbonyl (C=O) groups is 6. The van der Waals surface area contributed by atoms with Crippen molar-refractivity contribution >= 4 is 46.1 Å². The molecule has 2 aliphatic carbocycles. The zero-order chi connectivity index (χ0) is 43.0. The van der Waals surface area contributed by atoms with Gasteiger partial charge in [-0.15, -0.1) is 0 Å². The highest BCUT2D eigenvalue weighted by Crippen LogP contribution is 2.36. The van der Waals surface area contributed by atoms with Gasteiger partial charge in [0, 0.05) is 48.1 Å². The fourth-order valence-corrected chi connectivity index (χ4v) is 8.20. The topological polar surface area (TPSA) is 198 Å². The molecule has 0 radical (unpaired) electrons. The molecule has 0 bridgehead atoms. The second-order valence-electron chi connectivity index (χ2n) is 17.4. The Kier molecular flexibility index (Phi) is 14.4. The number of benzene rings is 2. The molecule has 5 atom stereocenters. The van der Waals surface area contributed by atoms with Gasteiger partial charge in [-0.3, -0.25) is 33.8 Å². The minimum Gasteiger partial charge on any atom is -0.496 e. The number of likely N-dealkylation sites (tertiary alicyclic amines) is 1. The Bertz CT molecular complexity index is 2030. The van der Waals surface area contributed by atoms with E-state index in [-0.39, 0.29) is 43.5 Å². The maximum atomic E-state index is 14.6. The van der Waals surface area contributed by atoms with E-state index in [4.69, 9.17) is 9.47 Å². The summed E-state index contributed by atoms with van der Waals surface area (Å²) in [7, 11) is 1.59. The van der Waals surface area contributed by atoms with Gasteiger partial charge < -0.3 is 35.6 Å². The van der Waals surface area contributed by atoms with Gasteiger partial charge in [-0.2, -0.15) is 0 Å². The number of methoxy groups -OCH3 is 1. The fraction of sp³-hybridized carbons (Fsp3) is 0.556. The molecule has 0 spiro atoms. The molecular weight excluding hydrogens is 767 g/mol. The third kappa shape index (κ3) is 11.0. The summed E-state index contributed by atoms with van der Waals surface area (Å²) in [5.74, 6) is -2.22. The number of ether oxygens (including phenoxy) is 2. The van der Waals surface area contributed by atoms with Crippen molar-refractivity contribution in [1.82, 2.24) is 36.1 Å². The number of hydrogen-bond acceptors (Lipinski definition) is 10. The summed E-state index contributed by atoms with van der Waals surface area (Å²) in [4.78, 5) is 92.1. The molecule has 3 fully saturated rings. The van der Waals surface area contributed by atoms with Gasteiger partial charge in [0.05, 0.1) is 25.9 Å². The average Bonchev–Trinajstić information content (AvgIpc) is 3.96. The van der Waals surface area contributed by atoms with Gasteiger partial charge in [0.15, 0.2) is 0 Å². The van der Waals surface area contributed by atoms with Crippen molar-refractivity contribution in [3.05, 3.63) is 60.7 Å². The molecule has 5 amide bonds. The molecule has 3 aromatic rings. The minimum absolute atomic E-state index is 0.0297. The molecule has 3 aliphatic rings. The molecule has 60 heavy (non-hydrogen) atoms. The monoisotopic (exact) mass is 825 g/mol. The van der Waals surface area contributed by atoms with Gasteiger partial charge in [0.25, 0.3) is 11.8 Å². The maximum Gasteiger partial charge on any atom is 0.289 e. The van der Waals surface area contributed by atoms with E-state index in [9.17, 15) is 28.8 Å². The van der Waals surface area contributed by atoms with Crippen LogP contribution in [0, 0.1) is 11.3 Å². The van der Waals surface area contributed by atoms with Crippen LogP contribution in [-0.4, -0.2) is 100 Å². The normalized spacial score (nSPS) is 19.7. The average molecular weight is 826 g/mol. The van der Waals surface area contributed by atoms with Crippen LogP contribution in [0.4, 0.5) is 0 Å². The summed E-state index contributed by atoms with van der Waals surface area (Å²) < 4.78 is 12.1. The molecule has 2 aromatic carbocycles. The highest BCUT2D eigenvalue weighted by molar-refractivity contribution is 6.38. The number of nitrogens with zero attached hydrogens (tertiary/aromatic N) is 3. The van der Waals surface area contributed by atoms with Gasteiger partial charge in [-0.25, -0.2) is 4.98 Å². The summed E-state index contributed by atoms with van der Waals surface area (Å²) >= 11 is 0. The summed E-state index contributed by atoms with van der Waals surface area (Å²) in [6, 6.07) is 7.52. The zero-order valence-corrected chi connectivity index (χ0v) is 35.3. The van der Waals surface area contributed by atoms with E-state index in [1.165, 1.54) is 23.5 Å². The van der Waals surface area contributed by atoms with Gasteiger partial charge in [-0.1, -0.05) is 77.6 Å². The summed E-state index contributed by atoms with van der Waals surface area (Å²) in [5, 5.41) is 13.2. The van der Waals surface area contributed by atoms with E-state index in [0.29, 0.717) is 17.9 Å². The van der Waals surface area contributed by atoms with Gasteiger partial charge >= 0.3 is 0 Å². The van der Waals surface area contributed by atoms with Crippen molar-refractivity contribution in [2.45, 2.75) is 135 Å². The Hall–Kier alpha value is -5.60. The summed E-state index contributed by atoms with van der Waals surface area (Å²) in [6.45, 7) is 7.67. The van der Waals surface area contributed by atoms with E-state index in [2.05, 4.69) is 31.2 Å². The number of Topliss-reactive ketones (excluding diaryl/α,β-unsaturated/α-hetero) is 1. The molecule has 4 N–H and O–H groups in total. The van der Waals surface area contributed by atoms with Crippen LogP contribution in [0.5, 0.6) is 11.5 Å². The molecule has 1 aliphatic heterocycles. The summed E-state index contributed by atoms with van der Waals surface area (Å²) in [6.07, 6.45) is 10.4. The lowest BCUT2D eigenvalue weighted by Crippen LogP contribution is -2.57. The number of ketones is 1. The first-order chi connectivity index (χ1) is 28.8. The van der Waals surface area contributed by atoms with Crippen LogP contribution in [0.1, 0.15) is 109 Å². The van der Waals surface area contributed by atoms with Crippen LogP contribution in [0.2, 0.25) is 0 Å². The first-order valence-electron chi connectivity index (χ1n) is 21.3. The largest absolute Gasteiger partial charge is 0.496 e. The molecule has 2 saturated carbocycles. The number of aromatic nitrogens is 2. The zero-order valence-electron chi connectivity index (χ0n) is 35.3. The Morgan fingerprint density at radius 1 is 0.883 bits per heavy atom. The number of nitrogens with one attached hydrogen (secondary N) is 4. The van der Waals surface area contributed by atoms with Gasteiger partial charge in [-0.05, 0) is 55.6 Å². The number of rotatable bonds is 17. The second-order valence-corrected chi connectivity index (χ2v) is 17.4. The molecule has 6 rings (SSSR count). The highest BCUT2D eigenvalue weighted by Gasteiger charge is 2.44. The lowest BCUT2D eigenvalue weighted by Gasteiger charge is -2.36. The SMILES string of the molecule is CCC[C@H](NC(=O)[C@@H]1C[C@@H](Oc2ccc(OC)c3ccccc23)CN1C(=O)C[C@@H](NC(=O)[C@@H](NC(=O)c1cnccn1)C1CCCCC1)C(C)(C)C)C(=O)C(=O)NC1CC1. The highest BCUT2D eigenvalue weighted by atomic mass is 16.5. The fourth-order valence-electron chi connectivity index (χ4n) is 8.20. The van der Waals surface area contributed by atoms with Gasteiger partial charge in [0.2, 0.25) is 23.5 Å². The lowest BCUT2D eigenvalue weighted by atomic mass is 9.81. The standard InChI is InChI=1S/C45H59N7O8/c1-6-12-32(40(54)44(58)48-28-17-18-28)49-42(56)34-23-29(60-36-20-19-35(59-5)30-15-10-11-16-31(30)36)26-52(34)38(53)24-37(45(2,3)4)50-43(57)39(27-13-8-7-9-14-27)51-41(55)33-25-46-21-22-47-33/h10-11,15-16,19-22,25,27-29,32,34,37,39H,6-9,12-14,17-18,23-24,26H2,1-5H3,(H,48,58)(H,49,56)(H,50,57)(H,51,55)/t29-,32+,34+,37-,39+/m1/s1. The van der Waals surface area contributed by atoms with E-state index in [1.54, 1.807) is 19.2 Å². The molecule has 2 heterocycles. The third-order valence-electron chi connectivity index (χ3n) is 11.8. The van der Waals surface area contributed by atoms with Crippen molar-refractivity contribution in [2.24, 2.45) is 11.3 Å². The molecule has 0 unspecified atom stereocenters. The number of hydrogen-bond donors (Lipinski definition) is 4. The Labute approximate surface area is 351 Å². The van der Waals surface area contributed by atoms with E-state index < -0.39 is 71.0 Å². The Morgan fingerprint density at radius 3 is 2.22 bits per heavy atom. The van der Waals surface area contributed by atoms with Crippen LogP contribution in [-0.2, 0) is 24.0 Å². The van der Waals surface area contributed by atoms with Crippen LogP contribution in [0.15, 0.2) is 55.0 Å². The van der Waals surface area contributed by atoms with Crippen molar-refractivity contribution < 1.29 is 38.2 Å². The number of fused-ring (bicyclic) bond motifs is 1. The molecule has 15 nitrogen and oxygen atoms in total. The first-order valence-corrected chi connectivity index (χ1v) is 21.3. The van der Waals surface area contributed by atoms with Crippen molar-refractivity contribution in [2.75, 3.05) is 13.7 Å². The predicted molar refractivity (Wildman–Crippen MR) is 224 cm³/mol. The number of carbonyl (C=O) groups excluding carboxylic acids is 6. The molecule has 322 valence electrons. The van der Waals surface area contributed by atoms with Crippen molar-refractivity contribution in [3.8, 4) is 11.5 Å². The Balaban J connectivity index is 1.24. The predicted octanol–water partition coefficient (Wildman–Crippen LogP) is 4.42. The summed E-state index contributed by atoms with van der Waals surface area (Å²) in [5.41, 5.74) is -0.529. The van der Waals surface area contributed by atoms with Crippen LogP contribution in [0.3, 0.4) is 0 Å². The van der Waals surface area contributed by atoms with E-state index in [1.807, 2.05) is 52.0 Å². The first kappa shape index (κ1) is 44.0. The quantitative estimate of drug-likeness (QED) is 0.142. The van der Waals surface area contributed by atoms with Crippen LogP contribution in [0.25, 0.3) is 10.8 Å².